The molecule has 2 rings (SSSR count). The molecule has 0 fully saturated rings. The number of aryl methyl sites for hydroxylation is 1. The number of hydrogen-bond acceptors (Lipinski definition) is 1. The van der Waals surface area contributed by atoms with E-state index in [1.165, 1.54) is 17.4 Å². The molecule has 0 bridgehead atoms. The zero-order valence-corrected chi connectivity index (χ0v) is 14.8. The molecule has 2 aromatic rings. The van der Waals surface area contributed by atoms with Gasteiger partial charge in [-0.05, 0) is 46.6 Å². The summed E-state index contributed by atoms with van der Waals surface area (Å²) < 4.78 is 39.5. The largest absolute Gasteiger partial charge is 0.417 e. The van der Waals surface area contributed by atoms with E-state index in [1.54, 1.807) is 6.07 Å². The third-order valence-electron chi connectivity index (χ3n) is 2.65. The van der Waals surface area contributed by atoms with E-state index in [9.17, 15) is 13.2 Å². The lowest BCUT2D eigenvalue weighted by molar-refractivity contribution is -0.138. The van der Waals surface area contributed by atoms with Gasteiger partial charge < -0.3 is 0 Å². The number of rotatable bonds is 2. The maximum atomic E-state index is 12.9. The van der Waals surface area contributed by atoms with Gasteiger partial charge >= 0.3 is 6.18 Å². The number of thiophene rings is 1. The molecule has 7 heteroatoms. The number of benzene rings is 1. The molecule has 20 heavy (non-hydrogen) atoms. The van der Waals surface area contributed by atoms with Crippen molar-refractivity contribution < 1.29 is 13.2 Å². The Bertz CT molecular complexity index is 637. The monoisotopic (exact) mass is 446 g/mol. The Kier molecular flexibility index (Phi) is 4.89. The second-order valence-corrected chi connectivity index (χ2v) is 7.60. The molecule has 0 aliphatic rings. The molecule has 1 atom stereocenters. The van der Waals surface area contributed by atoms with Crippen molar-refractivity contribution in [2.75, 3.05) is 0 Å². The van der Waals surface area contributed by atoms with Crippen molar-refractivity contribution in [3.8, 4) is 0 Å². The van der Waals surface area contributed by atoms with E-state index in [-0.39, 0.29) is 4.47 Å². The van der Waals surface area contributed by atoms with Crippen LogP contribution in [0, 0.1) is 6.92 Å². The number of hydrogen-bond donors (Lipinski definition) is 0. The minimum atomic E-state index is -4.41. The fourth-order valence-corrected chi connectivity index (χ4v) is 4.62. The highest BCUT2D eigenvalue weighted by molar-refractivity contribution is 9.10. The Morgan fingerprint density at radius 1 is 1.15 bits per heavy atom. The molecule has 1 unspecified atom stereocenters. The van der Waals surface area contributed by atoms with Gasteiger partial charge in [0.15, 0.2) is 0 Å². The standard InChI is InChI=1S/C13H8Br2ClF3S/c1-6-4-10(15)12(20-6)11(16)7-2-3-9(14)8(5-7)13(17,18)19/h2-5,11H,1H3. The lowest BCUT2D eigenvalue weighted by Gasteiger charge is -2.14. The highest BCUT2D eigenvalue weighted by Crippen LogP contribution is 2.42. The average Bonchev–Trinajstić information content (AvgIpc) is 2.66. The van der Waals surface area contributed by atoms with E-state index >= 15 is 0 Å². The summed E-state index contributed by atoms with van der Waals surface area (Å²) in [5.41, 5.74) is -0.296. The highest BCUT2D eigenvalue weighted by atomic mass is 79.9. The summed E-state index contributed by atoms with van der Waals surface area (Å²) in [5, 5.41) is -0.614. The SMILES string of the molecule is Cc1cc(Br)c(C(Cl)c2ccc(Br)c(C(F)(F)F)c2)s1. The van der Waals surface area contributed by atoms with Gasteiger partial charge in [0.25, 0.3) is 0 Å². The zero-order chi connectivity index (χ0) is 15.1. The van der Waals surface area contributed by atoms with Crippen molar-refractivity contribution in [1.29, 1.82) is 0 Å². The summed E-state index contributed by atoms with van der Waals surface area (Å²) in [6.07, 6.45) is -4.41. The van der Waals surface area contributed by atoms with Crippen LogP contribution in [0.4, 0.5) is 13.2 Å². The average molecular weight is 449 g/mol. The zero-order valence-electron chi connectivity index (χ0n) is 10.1. The van der Waals surface area contributed by atoms with Crippen LogP contribution in [-0.2, 0) is 6.18 Å². The fraction of sp³-hybridized carbons (Fsp3) is 0.231. The molecule has 108 valence electrons. The molecule has 0 aliphatic carbocycles. The van der Waals surface area contributed by atoms with Gasteiger partial charge in [0.05, 0.1) is 10.9 Å². The van der Waals surface area contributed by atoms with Gasteiger partial charge in [-0.15, -0.1) is 22.9 Å². The molecule has 0 N–H and O–H groups in total. The summed E-state index contributed by atoms with van der Waals surface area (Å²) in [6, 6.07) is 5.96. The Balaban J connectivity index is 2.46. The summed E-state index contributed by atoms with van der Waals surface area (Å²) in [7, 11) is 0. The molecular formula is C13H8Br2ClF3S. The molecule has 1 heterocycles. The van der Waals surface area contributed by atoms with Crippen LogP contribution in [0.15, 0.2) is 33.2 Å². The molecule has 0 saturated carbocycles. The van der Waals surface area contributed by atoms with Gasteiger partial charge in [0.2, 0.25) is 0 Å². The molecule has 1 aromatic heterocycles. The Morgan fingerprint density at radius 2 is 1.80 bits per heavy atom. The molecule has 0 nitrogen and oxygen atoms in total. The second-order valence-electron chi connectivity index (χ2n) is 4.17. The van der Waals surface area contributed by atoms with Crippen LogP contribution < -0.4 is 0 Å². The van der Waals surface area contributed by atoms with Crippen LogP contribution >= 0.6 is 54.8 Å². The van der Waals surface area contributed by atoms with Gasteiger partial charge in [-0.3, -0.25) is 0 Å². The molecule has 0 saturated heterocycles. The first-order valence-corrected chi connectivity index (χ1v) is 8.30. The van der Waals surface area contributed by atoms with Gasteiger partial charge in [-0.25, -0.2) is 0 Å². The summed E-state index contributed by atoms with van der Waals surface area (Å²) in [5.74, 6) is 0. The van der Waals surface area contributed by atoms with E-state index in [4.69, 9.17) is 11.6 Å². The first-order chi connectivity index (χ1) is 9.20. The van der Waals surface area contributed by atoms with Crippen LogP contribution in [0.1, 0.15) is 26.3 Å². The molecule has 0 aliphatic heterocycles. The maximum absolute atomic E-state index is 12.9. The van der Waals surface area contributed by atoms with Crippen LogP contribution in [0.2, 0.25) is 0 Å². The maximum Gasteiger partial charge on any atom is 0.417 e. The van der Waals surface area contributed by atoms with Gasteiger partial charge in [0, 0.05) is 18.7 Å². The lowest BCUT2D eigenvalue weighted by atomic mass is 10.1. The third kappa shape index (κ3) is 3.40. The first kappa shape index (κ1) is 16.3. The van der Waals surface area contributed by atoms with Crippen LogP contribution in [0.5, 0.6) is 0 Å². The normalized spacial score (nSPS) is 13.6. The number of alkyl halides is 4. The van der Waals surface area contributed by atoms with Gasteiger partial charge in [-0.1, -0.05) is 22.0 Å². The quantitative estimate of drug-likeness (QED) is 0.437. The summed E-state index contributed by atoms with van der Waals surface area (Å²) in [6.45, 7) is 1.92. The van der Waals surface area contributed by atoms with E-state index in [1.807, 2.05) is 13.0 Å². The fourth-order valence-electron chi connectivity index (χ4n) is 1.74. The predicted molar refractivity (Wildman–Crippen MR) is 83.6 cm³/mol. The van der Waals surface area contributed by atoms with Crippen molar-refractivity contribution in [2.45, 2.75) is 18.5 Å². The van der Waals surface area contributed by atoms with Crippen molar-refractivity contribution >= 4 is 54.8 Å². The summed E-state index contributed by atoms with van der Waals surface area (Å²) in [4.78, 5) is 1.85. The molecular weight excluding hydrogens is 440 g/mol. The van der Waals surface area contributed by atoms with Crippen LogP contribution in [0.25, 0.3) is 0 Å². The lowest BCUT2D eigenvalue weighted by Crippen LogP contribution is -2.07. The van der Waals surface area contributed by atoms with Crippen molar-refractivity contribution in [3.63, 3.8) is 0 Å². The minimum Gasteiger partial charge on any atom is -0.166 e. The Morgan fingerprint density at radius 3 is 2.30 bits per heavy atom. The van der Waals surface area contributed by atoms with Crippen molar-refractivity contribution in [2.24, 2.45) is 0 Å². The second kappa shape index (κ2) is 5.99. The molecule has 0 radical (unpaired) electrons. The van der Waals surface area contributed by atoms with Crippen molar-refractivity contribution in [3.05, 3.63) is 54.1 Å². The molecule has 1 aromatic carbocycles. The minimum absolute atomic E-state index is 0.0130. The van der Waals surface area contributed by atoms with E-state index in [2.05, 4.69) is 31.9 Å². The Labute approximate surface area is 140 Å². The topological polar surface area (TPSA) is 0 Å². The van der Waals surface area contributed by atoms with E-state index in [0.29, 0.717) is 5.56 Å². The third-order valence-corrected chi connectivity index (χ3v) is 5.98. The molecule has 0 spiro atoms. The van der Waals surface area contributed by atoms with Gasteiger partial charge in [0.1, 0.15) is 0 Å². The van der Waals surface area contributed by atoms with E-state index in [0.717, 1.165) is 20.3 Å². The van der Waals surface area contributed by atoms with Crippen LogP contribution in [-0.4, -0.2) is 0 Å². The van der Waals surface area contributed by atoms with Crippen molar-refractivity contribution in [1.82, 2.24) is 0 Å². The first-order valence-electron chi connectivity index (χ1n) is 5.46. The Hall–Kier alpha value is -0.0400. The predicted octanol–water partition coefficient (Wildman–Crippen LogP) is 6.93. The highest BCUT2D eigenvalue weighted by Gasteiger charge is 2.33. The smallest absolute Gasteiger partial charge is 0.166 e. The molecule has 0 amide bonds. The summed E-state index contributed by atoms with van der Waals surface area (Å²) >= 11 is 14.1. The van der Waals surface area contributed by atoms with E-state index < -0.39 is 17.1 Å². The van der Waals surface area contributed by atoms with Crippen LogP contribution in [0.3, 0.4) is 0 Å². The van der Waals surface area contributed by atoms with Gasteiger partial charge in [-0.2, -0.15) is 13.2 Å². The number of halogens is 6.